The van der Waals surface area contributed by atoms with Gasteiger partial charge in [0.05, 0.1) is 30.1 Å². The second-order valence-corrected chi connectivity index (χ2v) is 15.1. The third kappa shape index (κ3) is 15.6. The minimum absolute atomic E-state index is 0.00750. The van der Waals surface area contributed by atoms with Crippen LogP contribution >= 0.6 is 11.8 Å². The van der Waals surface area contributed by atoms with Crippen molar-refractivity contribution in [2.45, 2.75) is 125 Å². The standard InChI is InChI=1S/C36H59N3O8S/c1-9-24(6)28(36(47)37-19-25(7)40)18-33(44)29(17-22(2)3)38-34(45)15-14-31(42)27(23(4)5)12-13-32(43)30-11-10-16-39(30)35(46)21-48-20-26(8)41/h22-24,27-30H,9-21H2,1-8H3,(H,37,47)(H,38,45). The number of rotatable bonds is 24. The molecule has 0 aromatic rings. The van der Waals surface area contributed by atoms with Crippen LogP contribution in [0.5, 0.6) is 0 Å². The molecule has 12 heteroatoms. The first-order chi connectivity index (χ1) is 22.5. The monoisotopic (exact) mass is 693 g/mol. The van der Waals surface area contributed by atoms with Gasteiger partial charge >= 0.3 is 0 Å². The largest absolute Gasteiger partial charge is 0.349 e. The average molecular weight is 694 g/mol. The zero-order valence-corrected chi connectivity index (χ0v) is 31.2. The SMILES string of the molecule is CCC(C)C(CC(=O)C(CC(C)C)NC(=O)CCC(=O)C(CCC(=O)C1CCCN1C(=O)CSCC(C)=O)C(C)C)C(=O)NCC(C)=O. The van der Waals surface area contributed by atoms with Crippen molar-refractivity contribution in [2.24, 2.45) is 29.6 Å². The zero-order chi connectivity index (χ0) is 36.6. The van der Waals surface area contributed by atoms with Crippen LogP contribution in [0.4, 0.5) is 0 Å². The summed E-state index contributed by atoms with van der Waals surface area (Å²) in [5.74, 6) is -2.34. The molecule has 1 aliphatic rings. The molecule has 1 rings (SSSR count). The molecule has 11 nitrogen and oxygen atoms in total. The fraction of sp³-hybridized carbons (Fsp3) is 0.778. The molecule has 0 radical (unpaired) electrons. The first-order valence-electron chi connectivity index (χ1n) is 17.5. The Morgan fingerprint density at radius 3 is 2.06 bits per heavy atom. The van der Waals surface area contributed by atoms with Crippen LogP contribution in [-0.4, -0.2) is 88.2 Å². The van der Waals surface area contributed by atoms with Crippen molar-refractivity contribution < 1.29 is 38.4 Å². The molecule has 0 aliphatic carbocycles. The van der Waals surface area contributed by atoms with E-state index in [0.717, 1.165) is 6.42 Å². The second-order valence-electron chi connectivity index (χ2n) is 14.1. The van der Waals surface area contributed by atoms with Crippen molar-refractivity contribution in [3.05, 3.63) is 0 Å². The molecule has 2 N–H and O–H groups in total. The first kappa shape index (κ1) is 43.1. The summed E-state index contributed by atoms with van der Waals surface area (Å²) < 4.78 is 0. The number of amides is 3. The quantitative estimate of drug-likeness (QED) is 0.151. The molecule has 0 aromatic heterocycles. The highest BCUT2D eigenvalue weighted by Crippen LogP contribution is 2.26. The van der Waals surface area contributed by atoms with Gasteiger partial charge in [0, 0.05) is 44.1 Å². The van der Waals surface area contributed by atoms with Crippen molar-refractivity contribution in [1.29, 1.82) is 0 Å². The fourth-order valence-electron chi connectivity index (χ4n) is 6.06. The second kappa shape index (κ2) is 22.0. The molecule has 5 unspecified atom stereocenters. The number of carbonyl (C=O) groups excluding carboxylic acids is 8. The van der Waals surface area contributed by atoms with Crippen molar-refractivity contribution in [3.63, 3.8) is 0 Å². The minimum atomic E-state index is -0.809. The third-order valence-corrected chi connectivity index (χ3v) is 10.1. The number of hydrogen-bond donors (Lipinski definition) is 2. The number of Topliss-reactive ketones (excluding diaryl/α,β-unsaturated/α-hetero) is 5. The van der Waals surface area contributed by atoms with Crippen LogP contribution < -0.4 is 10.6 Å². The molecule has 272 valence electrons. The number of hydrogen-bond acceptors (Lipinski definition) is 9. The van der Waals surface area contributed by atoms with Gasteiger partial charge in [0.15, 0.2) is 11.6 Å². The summed E-state index contributed by atoms with van der Waals surface area (Å²) in [6.45, 7) is 14.7. The van der Waals surface area contributed by atoms with Gasteiger partial charge in [-0.15, -0.1) is 11.8 Å². The molecule has 48 heavy (non-hydrogen) atoms. The van der Waals surface area contributed by atoms with E-state index in [2.05, 4.69) is 10.6 Å². The van der Waals surface area contributed by atoms with E-state index >= 15 is 0 Å². The summed E-state index contributed by atoms with van der Waals surface area (Å²) in [4.78, 5) is 103. The molecule has 0 saturated carbocycles. The minimum Gasteiger partial charge on any atom is -0.349 e. The third-order valence-electron chi connectivity index (χ3n) is 9.03. The van der Waals surface area contributed by atoms with E-state index in [1.165, 1.54) is 25.6 Å². The van der Waals surface area contributed by atoms with E-state index in [1.54, 1.807) is 4.90 Å². The fourth-order valence-corrected chi connectivity index (χ4v) is 6.79. The van der Waals surface area contributed by atoms with E-state index in [-0.39, 0.29) is 102 Å². The van der Waals surface area contributed by atoms with Crippen LogP contribution in [0.3, 0.4) is 0 Å². The van der Waals surface area contributed by atoms with Crippen LogP contribution in [0.15, 0.2) is 0 Å². The van der Waals surface area contributed by atoms with Crippen LogP contribution in [-0.2, 0) is 38.4 Å². The highest BCUT2D eigenvalue weighted by Gasteiger charge is 2.35. The van der Waals surface area contributed by atoms with Crippen LogP contribution in [0, 0.1) is 29.6 Å². The van der Waals surface area contributed by atoms with E-state index in [0.29, 0.717) is 32.2 Å². The van der Waals surface area contributed by atoms with E-state index in [9.17, 15) is 38.4 Å². The number of carbonyl (C=O) groups is 8. The maximum absolute atomic E-state index is 13.4. The number of thioether (sulfide) groups is 1. The van der Waals surface area contributed by atoms with Crippen LogP contribution in [0.25, 0.3) is 0 Å². The van der Waals surface area contributed by atoms with Gasteiger partial charge < -0.3 is 15.5 Å². The lowest BCUT2D eigenvalue weighted by Crippen LogP contribution is -2.45. The van der Waals surface area contributed by atoms with Gasteiger partial charge in [0.1, 0.15) is 17.3 Å². The highest BCUT2D eigenvalue weighted by atomic mass is 32.2. The smallest absolute Gasteiger partial charge is 0.233 e. The maximum Gasteiger partial charge on any atom is 0.233 e. The lowest BCUT2D eigenvalue weighted by molar-refractivity contribution is -0.136. The Bertz CT molecular complexity index is 1150. The Hall–Kier alpha value is -2.89. The van der Waals surface area contributed by atoms with Crippen molar-refractivity contribution >= 4 is 58.4 Å². The molecular formula is C36H59N3O8S. The maximum atomic E-state index is 13.4. The van der Waals surface area contributed by atoms with Crippen LogP contribution in [0.1, 0.15) is 113 Å². The zero-order valence-electron chi connectivity index (χ0n) is 30.4. The van der Waals surface area contributed by atoms with E-state index in [1.807, 2.05) is 41.5 Å². The molecule has 1 heterocycles. The Morgan fingerprint density at radius 1 is 0.833 bits per heavy atom. The summed E-state index contributed by atoms with van der Waals surface area (Å²) in [6, 6.07) is -1.32. The molecule has 1 saturated heterocycles. The van der Waals surface area contributed by atoms with Crippen molar-refractivity contribution in [1.82, 2.24) is 15.5 Å². The topological polar surface area (TPSA) is 164 Å². The van der Waals surface area contributed by atoms with Gasteiger partial charge in [0.2, 0.25) is 17.7 Å². The number of nitrogens with zero attached hydrogens (tertiary/aromatic N) is 1. The average Bonchev–Trinajstić information content (AvgIpc) is 3.50. The Balaban J connectivity index is 2.80. The van der Waals surface area contributed by atoms with Crippen molar-refractivity contribution in [3.8, 4) is 0 Å². The molecular weight excluding hydrogens is 634 g/mol. The summed E-state index contributed by atoms with van der Waals surface area (Å²) in [7, 11) is 0. The first-order valence-corrected chi connectivity index (χ1v) is 18.6. The Kier molecular flexibility index (Phi) is 19.7. The number of ketones is 5. The lowest BCUT2D eigenvalue weighted by atomic mass is 9.83. The summed E-state index contributed by atoms with van der Waals surface area (Å²) >= 11 is 1.25. The molecule has 0 bridgehead atoms. The summed E-state index contributed by atoms with van der Waals surface area (Å²) in [5, 5.41) is 5.42. The Labute approximate surface area is 291 Å². The highest BCUT2D eigenvalue weighted by molar-refractivity contribution is 8.00. The lowest BCUT2D eigenvalue weighted by Gasteiger charge is -2.26. The van der Waals surface area contributed by atoms with Gasteiger partial charge in [-0.3, -0.25) is 38.4 Å². The molecule has 0 aromatic carbocycles. The van der Waals surface area contributed by atoms with Gasteiger partial charge in [-0.25, -0.2) is 0 Å². The Morgan fingerprint density at radius 2 is 1.50 bits per heavy atom. The van der Waals surface area contributed by atoms with Crippen molar-refractivity contribution in [2.75, 3.05) is 24.6 Å². The molecule has 0 spiro atoms. The number of nitrogens with one attached hydrogen (secondary N) is 2. The molecule has 3 amide bonds. The van der Waals surface area contributed by atoms with Gasteiger partial charge in [-0.2, -0.15) is 0 Å². The molecule has 1 aliphatic heterocycles. The van der Waals surface area contributed by atoms with Gasteiger partial charge in [-0.05, 0) is 57.3 Å². The van der Waals surface area contributed by atoms with Crippen LogP contribution in [0.2, 0.25) is 0 Å². The molecule has 5 atom stereocenters. The predicted octanol–water partition coefficient (Wildman–Crippen LogP) is 4.13. The van der Waals surface area contributed by atoms with E-state index < -0.39 is 29.8 Å². The van der Waals surface area contributed by atoms with E-state index in [4.69, 9.17) is 0 Å². The van der Waals surface area contributed by atoms with Gasteiger partial charge in [-0.1, -0.05) is 48.0 Å². The molecule has 1 fully saturated rings. The summed E-state index contributed by atoms with van der Waals surface area (Å²) in [5.41, 5.74) is 0. The normalized spacial score (nSPS) is 17.0. The summed E-state index contributed by atoms with van der Waals surface area (Å²) in [6.07, 6.45) is 2.63. The number of likely N-dealkylation sites (tertiary alicyclic amines) is 1. The predicted molar refractivity (Wildman–Crippen MR) is 187 cm³/mol. The van der Waals surface area contributed by atoms with Gasteiger partial charge in [0.25, 0.3) is 0 Å².